The van der Waals surface area contributed by atoms with Crippen molar-refractivity contribution in [2.24, 2.45) is 7.05 Å². The fourth-order valence-corrected chi connectivity index (χ4v) is 2.01. The summed E-state index contributed by atoms with van der Waals surface area (Å²) >= 11 is 0. The number of hydrogen-bond acceptors (Lipinski definition) is 4. The average molecular weight is 278 g/mol. The number of hydrogen-bond donors (Lipinski definition) is 2. The summed E-state index contributed by atoms with van der Waals surface area (Å²) in [6, 6.07) is 4.55. The minimum absolute atomic E-state index is 0.180. The van der Waals surface area contributed by atoms with Gasteiger partial charge in [0.15, 0.2) is 17.4 Å². The van der Waals surface area contributed by atoms with Crippen LogP contribution in [0.15, 0.2) is 18.2 Å². The standard InChI is InChI=1S/C14H19FN4O/c1-8(2)13-12(16)14(19(3)18-13)17-9-5-6-10(15)11(7-9)20-4/h5-8,17H,16H2,1-4H3. The van der Waals surface area contributed by atoms with Crippen LogP contribution in [-0.2, 0) is 7.05 Å². The van der Waals surface area contributed by atoms with Gasteiger partial charge in [0.05, 0.1) is 18.5 Å². The fraction of sp³-hybridized carbons (Fsp3) is 0.357. The van der Waals surface area contributed by atoms with Crippen molar-refractivity contribution in [3.63, 3.8) is 0 Å². The van der Waals surface area contributed by atoms with Crippen molar-refractivity contribution in [3.05, 3.63) is 29.7 Å². The number of nitrogens with two attached hydrogens (primary N) is 1. The molecule has 6 heteroatoms. The predicted molar refractivity (Wildman–Crippen MR) is 77.9 cm³/mol. The number of halogens is 1. The molecule has 3 N–H and O–H groups in total. The number of nitrogens with one attached hydrogen (secondary N) is 1. The zero-order valence-corrected chi connectivity index (χ0v) is 12.1. The van der Waals surface area contributed by atoms with Crippen molar-refractivity contribution < 1.29 is 9.13 Å². The summed E-state index contributed by atoms with van der Waals surface area (Å²) < 4.78 is 20.0. The Hall–Kier alpha value is -2.24. The summed E-state index contributed by atoms with van der Waals surface area (Å²) in [6.07, 6.45) is 0. The second-order valence-corrected chi connectivity index (χ2v) is 4.90. The molecular weight excluding hydrogens is 259 g/mol. The van der Waals surface area contributed by atoms with Crippen molar-refractivity contribution >= 4 is 17.2 Å². The lowest BCUT2D eigenvalue weighted by Crippen LogP contribution is -2.02. The van der Waals surface area contributed by atoms with Crippen molar-refractivity contribution in [2.75, 3.05) is 18.2 Å². The van der Waals surface area contributed by atoms with Crippen molar-refractivity contribution in [2.45, 2.75) is 19.8 Å². The zero-order valence-electron chi connectivity index (χ0n) is 12.1. The van der Waals surface area contributed by atoms with Gasteiger partial charge < -0.3 is 15.8 Å². The fourth-order valence-electron chi connectivity index (χ4n) is 2.01. The van der Waals surface area contributed by atoms with Crippen LogP contribution >= 0.6 is 0 Å². The lowest BCUT2D eigenvalue weighted by Gasteiger charge is -2.10. The van der Waals surface area contributed by atoms with E-state index >= 15 is 0 Å². The molecule has 20 heavy (non-hydrogen) atoms. The number of anilines is 3. The van der Waals surface area contributed by atoms with Crippen molar-refractivity contribution in [1.29, 1.82) is 0 Å². The Bertz CT molecular complexity index is 622. The van der Waals surface area contributed by atoms with E-state index < -0.39 is 5.82 Å². The van der Waals surface area contributed by atoms with Crippen LogP contribution in [0.4, 0.5) is 21.6 Å². The number of aromatic nitrogens is 2. The first-order valence-electron chi connectivity index (χ1n) is 6.37. The zero-order chi connectivity index (χ0) is 14.9. The smallest absolute Gasteiger partial charge is 0.165 e. The molecule has 0 atom stereocenters. The van der Waals surface area contributed by atoms with Gasteiger partial charge in [0.1, 0.15) is 0 Å². The molecule has 0 aliphatic heterocycles. The maximum atomic E-state index is 13.4. The highest BCUT2D eigenvalue weighted by Crippen LogP contribution is 2.31. The number of benzene rings is 1. The van der Waals surface area contributed by atoms with E-state index in [0.717, 1.165) is 5.69 Å². The molecule has 0 radical (unpaired) electrons. The molecule has 0 aliphatic carbocycles. The van der Waals surface area contributed by atoms with Crippen LogP contribution in [0.3, 0.4) is 0 Å². The highest BCUT2D eigenvalue weighted by molar-refractivity contribution is 5.72. The van der Waals surface area contributed by atoms with Gasteiger partial charge in [-0.1, -0.05) is 13.8 Å². The first-order valence-corrected chi connectivity index (χ1v) is 6.37. The molecule has 0 saturated carbocycles. The van der Waals surface area contributed by atoms with E-state index in [-0.39, 0.29) is 11.7 Å². The van der Waals surface area contributed by atoms with Crippen LogP contribution in [0.2, 0.25) is 0 Å². The number of methoxy groups -OCH3 is 1. The van der Waals surface area contributed by atoms with E-state index in [1.807, 2.05) is 20.9 Å². The quantitative estimate of drug-likeness (QED) is 0.902. The van der Waals surface area contributed by atoms with E-state index in [1.165, 1.54) is 13.2 Å². The van der Waals surface area contributed by atoms with E-state index in [1.54, 1.807) is 16.8 Å². The number of nitrogens with zero attached hydrogens (tertiary/aromatic N) is 2. The highest BCUT2D eigenvalue weighted by atomic mass is 19.1. The van der Waals surface area contributed by atoms with Gasteiger partial charge in [-0.05, 0) is 18.1 Å². The maximum absolute atomic E-state index is 13.4. The molecule has 1 aromatic heterocycles. The number of nitrogen functional groups attached to an aromatic ring is 1. The van der Waals surface area contributed by atoms with E-state index in [9.17, 15) is 4.39 Å². The number of rotatable bonds is 4. The van der Waals surface area contributed by atoms with Crippen LogP contribution < -0.4 is 15.8 Å². The van der Waals surface area contributed by atoms with E-state index in [2.05, 4.69) is 10.4 Å². The van der Waals surface area contributed by atoms with Crippen LogP contribution in [0.1, 0.15) is 25.5 Å². The highest BCUT2D eigenvalue weighted by Gasteiger charge is 2.16. The molecule has 2 rings (SSSR count). The predicted octanol–water partition coefficient (Wildman–Crippen LogP) is 3.02. The molecule has 0 spiro atoms. The molecule has 0 bridgehead atoms. The Morgan fingerprint density at radius 2 is 2.10 bits per heavy atom. The molecular formula is C14H19FN4O. The topological polar surface area (TPSA) is 65.1 Å². The first kappa shape index (κ1) is 14.2. The summed E-state index contributed by atoms with van der Waals surface area (Å²) in [4.78, 5) is 0. The van der Waals surface area contributed by atoms with E-state index in [4.69, 9.17) is 10.5 Å². The van der Waals surface area contributed by atoms with Crippen LogP contribution in [0.25, 0.3) is 0 Å². The molecule has 0 saturated heterocycles. The summed E-state index contributed by atoms with van der Waals surface area (Å²) in [5, 5.41) is 7.54. The summed E-state index contributed by atoms with van der Waals surface area (Å²) in [7, 11) is 3.24. The average Bonchev–Trinajstić information content (AvgIpc) is 2.69. The number of ether oxygens (including phenoxy) is 1. The summed E-state index contributed by atoms with van der Waals surface area (Å²) in [5.41, 5.74) is 8.23. The third-order valence-electron chi connectivity index (χ3n) is 3.07. The third-order valence-corrected chi connectivity index (χ3v) is 3.07. The molecule has 2 aromatic rings. The molecule has 5 nitrogen and oxygen atoms in total. The Kier molecular flexibility index (Phi) is 3.83. The van der Waals surface area contributed by atoms with Gasteiger partial charge in [0.25, 0.3) is 0 Å². The third kappa shape index (κ3) is 2.54. The second kappa shape index (κ2) is 5.40. The van der Waals surface area contributed by atoms with Crippen LogP contribution in [0.5, 0.6) is 5.75 Å². The van der Waals surface area contributed by atoms with Gasteiger partial charge in [-0.3, -0.25) is 4.68 Å². The van der Waals surface area contributed by atoms with Gasteiger partial charge in [-0.25, -0.2) is 4.39 Å². The van der Waals surface area contributed by atoms with E-state index in [0.29, 0.717) is 17.2 Å². The lowest BCUT2D eigenvalue weighted by atomic mass is 10.1. The lowest BCUT2D eigenvalue weighted by molar-refractivity contribution is 0.387. The van der Waals surface area contributed by atoms with Gasteiger partial charge in [-0.2, -0.15) is 5.10 Å². The molecule has 0 aliphatic rings. The van der Waals surface area contributed by atoms with Crippen LogP contribution in [-0.4, -0.2) is 16.9 Å². The largest absolute Gasteiger partial charge is 0.494 e. The Labute approximate surface area is 117 Å². The Balaban J connectivity index is 2.35. The minimum Gasteiger partial charge on any atom is -0.494 e. The molecule has 0 unspecified atom stereocenters. The van der Waals surface area contributed by atoms with Crippen molar-refractivity contribution in [3.8, 4) is 5.75 Å². The number of aryl methyl sites for hydroxylation is 1. The van der Waals surface area contributed by atoms with Gasteiger partial charge in [-0.15, -0.1) is 0 Å². The van der Waals surface area contributed by atoms with Gasteiger partial charge in [0.2, 0.25) is 0 Å². The van der Waals surface area contributed by atoms with Crippen molar-refractivity contribution in [1.82, 2.24) is 9.78 Å². The summed E-state index contributed by atoms with van der Waals surface area (Å²) in [6.45, 7) is 4.06. The van der Waals surface area contributed by atoms with Crippen LogP contribution in [0, 0.1) is 5.82 Å². The van der Waals surface area contributed by atoms with Gasteiger partial charge >= 0.3 is 0 Å². The molecule has 108 valence electrons. The molecule has 0 fully saturated rings. The van der Waals surface area contributed by atoms with Gasteiger partial charge in [0, 0.05) is 18.8 Å². The normalized spacial score (nSPS) is 10.9. The first-order chi connectivity index (χ1) is 9.43. The minimum atomic E-state index is -0.404. The monoisotopic (exact) mass is 278 g/mol. The SMILES string of the molecule is COc1cc(Nc2c(N)c(C(C)C)nn2C)ccc1F. The Morgan fingerprint density at radius 1 is 1.40 bits per heavy atom. The molecule has 1 aromatic carbocycles. The Morgan fingerprint density at radius 3 is 2.65 bits per heavy atom. The maximum Gasteiger partial charge on any atom is 0.165 e. The second-order valence-electron chi connectivity index (χ2n) is 4.90. The molecule has 0 amide bonds. The summed E-state index contributed by atoms with van der Waals surface area (Å²) in [5.74, 6) is 0.695. The molecule has 1 heterocycles.